The fraction of sp³-hybridized carbons (Fsp3) is 0.400. The molecule has 2 atom stereocenters. The van der Waals surface area contributed by atoms with E-state index in [1.54, 1.807) is 12.3 Å². The first-order chi connectivity index (χ1) is 13.9. The maximum absolute atomic E-state index is 12.3. The molecule has 2 N–H and O–H groups in total. The van der Waals surface area contributed by atoms with Crippen molar-refractivity contribution in [2.75, 3.05) is 23.3 Å². The summed E-state index contributed by atoms with van der Waals surface area (Å²) >= 11 is 0. The van der Waals surface area contributed by atoms with E-state index in [9.17, 15) is 13.6 Å². The molecular weight excluding hydrogens is 382 g/mol. The van der Waals surface area contributed by atoms with Gasteiger partial charge in [-0.2, -0.15) is 8.78 Å². The van der Waals surface area contributed by atoms with Gasteiger partial charge in [-0.3, -0.25) is 0 Å². The molecule has 29 heavy (non-hydrogen) atoms. The highest BCUT2D eigenvalue weighted by atomic mass is 19.3. The van der Waals surface area contributed by atoms with Crippen molar-refractivity contribution in [3.05, 3.63) is 48.2 Å². The summed E-state index contributed by atoms with van der Waals surface area (Å²) in [6, 6.07) is 9.18. The molecule has 2 amide bonds. The van der Waals surface area contributed by atoms with Gasteiger partial charge in [-0.05, 0) is 37.6 Å². The molecule has 9 heteroatoms. The Morgan fingerprint density at radius 3 is 2.69 bits per heavy atom. The molecule has 1 aromatic heterocycles. The molecule has 3 rings (SSSR count). The Bertz CT molecular complexity index is 810. The number of morpholine rings is 1. The predicted molar refractivity (Wildman–Crippen MR) is 105 cm³/mol. The average molecular weight is 406 g/mol. The number of amides is 2. The molecule has 2 aromatic rings. The first-order valence-corrected chi connectivity index (χ1v) is 9.34. The number of aromatic nitrogens is 1. The summed E-state index contributed by atoms with van der Waals surface area (Å²) in [5.41, 5.74) is 1.19. The van der Waals surface area contributed by atoms with Crippen LogP contribution >= 0.6 is 0 Å². The van der Waals surface area contributed by atoms with Crippen molar-refractivity contribution >= 4 is 17.5 Å². The molecule has 1 fully saturated rings. The third-order valence-electron chi connectivity index (χ3n) is 4.32. The van der Waals surface area contributed by atoms with Crippen LogP contribution in [0.3, 0.4) is 0 Å². The van der Waals surface area contributed by atoms with E-state index in [-0.39, 0.29) is 24.5 Å². The summed E-state index contributed by atoms with van der Waals surface area (Å²) in [6.45, 7) is 3.00. The van der Waals surface area contributed by atoms with Crippen LogP contribution in [0.5, 0.6) is 5.75 Å². The number of nitrogens with one attached hydrogen (secondary N) is 2. The van der Waals surface area contributed by atoms with E-state index < -0.39 is 12.6 Å². The summed E-state index contributed by atoms with van der Waals surface area (Å²) in [5, 5.41) is 5.29. The molecule has 0 bridgehead atoms. The number of nitrogens with zero attached hydrogens (tertiary/aromatic N) is 2. The van der Waals surface area contributed by atoms with Gasteiger partial charge in [-0.1, -0.05) is 12.1 Å². The summed E-state index contributed by atoms with van der Waals surface area (Å²) in [7, 11) is 0. The van der Waals surface area contributed by atoms with Gasteiger partial charge in [0.1, 0.15) is 11.6 Å². The number of urea groups is 1. The minimum atomic E-state index is -2.92. The Morgan fingerprint density at radius 1 is 1.28 bits per heavy atom. The third kappa shape index (κ3) is 6.28. The second kappa shape index (κ2) is 9.51. The number of rotatable bonds is 6. The molecule has 0 aliphatic carbocycles. The van der Waals surface area contributed by atoms with Crippen molar-refractivity contribution in [3.8, 4) is 5.75 Å². The Labute approximate surface area is 168 Å². The molecule has 2 heterocycles. The molecule has 0 radical (unpaired) electrons. The van der Waals surface area contributed by atoms with Gasteiger partial charge in [0.25, 0.3) is 0 Å². The van der Waals surface area contributed by atoms with E-state index in [1.165, 1.54) is 18.2 Å². The molecule has 7 nitrogen and oxygen atoms in total. The zero-order chi connectivity index (χ0) is 20.8. The van der Waals surface area contributed by atoms with Crippen LogP contribution in [0.1, 0.15) is 19.4 Å². The van der Waals surface area contributed by atoms with E-state index in [4.69, 9.17) is 4.74 Å². The monoisotopic (exact) mass is 406 g/mol. The standard InChI is InChI=1S/C20H24F2N4O3/c1-13-11-26(12-14(2)28-13)18-7-6-15(9-23-18)10-24-20(27)25-16-4-3-5-17(8-16)29-19(21)22/h3-9,13-14,19H,10-12H2,1-2H3,(H2,24,25,27). The summed E-state index contributed by atoms with van der Waals surface area (Å²) in [5.74, 6) is 0.848. The third-order valence-corrected chi connectivity index (χ3v) is 4.32. The molecule has 2 unspecified atom stereocenters. The van der Waals surface area contributed by atoms with Crippen molar-refractivity contribution < 1.29 is 23.0 Å². The van der Waals surface area contributed by atoms with Gasteiger partial charge in [0.2, 0.25) is 0 Å². The zero-order valence-corrected chi connectivity index (χ0v) is 16.3. The molecule has 1 saturated heterocycles. The van der Waals surface area contributed by atoms with Gasteiger partial charge in [0.15, 0.2) is 0 Å². The number of carbonyl (C=O) groups is 1. The number of anilines is 2. The Kier molecular flexibility index (Phi) is 6.82. The number of halogens is 2. The van der Waals surface area contributed by atoms with Crippen LogP contribution in [0.15, 0.2) is 42.6 Å². The quantitative estimate of drug-likeness (QED) is 0.766. The van der Waals surface area contributed by atoms with Gasteiger partial charge in [-0.25, -0.2) is 9.78 Å². The highest BCUT2D eigenvalue weighted by Gasteiger charge is 2.22. The van der Waals surface area contributed by atoms with Crippen molar-refractivity contribution in [1.29, 1.82) is 0 Å². The zero-order valence-electron chi connectivity index (χ0n) is 16.3. The van der Waals surface area contributed by atoms with Crippen LogP contribution in [0, 0.1) is 0 Å². The topological polar surface area (TPSA) is 75.7 Å². The van der Waals surface area contributed by atoms with E-state index in [0.29, 0.717) is 5.69 Å². The van der Waals surface area contributed by atoms with Crippen molar-refractivity contribution in [1.82, 2.24) is 10.3 Å². The molecule has 0 saturated carbocycles. The molecule has 1 aromatic carbocycles. The van der Waals surface area contributed by atoms with Crippen molar-refractivity contribution in [3.63, 3.8) is 0 Å². The Hall–Kier alpha value is -2.94. The van der Waals surface area contributed by atoms with Crippen molar-refractivity contribution in [2.24, 2.45) is 0 Å². The maximum atomic E-state index is 12.3. The summed E-state index contributed by atoms with van der Waals surface area (Å²) in [4.78, 5) is 18.7. The normalized spacial score (nSPS) is 19.1. The summed E-state index contributed by atoms with van der Waals surface area (Å²) in [6.07, 6.45) is 2.02. The average Bonchev–Trinajstić information content (AvgIpc) is 2.66. The molecule has 156 valence electrons. The van der Waals surface area contributed by atoms with E-state index in [1.807, 2.05) is 26.0 Å². The van der Waals surface area contributed by atoms with Crippen LogP contribution in [-0.4, -0.2) is 42.9 Å². The highest BCUT2D eigenvalue weighted by molar-refractivity contribution is 5.89. The number of alkyl halides is 2. The SMILES string of the molecule is CC1CN(c2ccc(CNC(=O)Nc3cccc(OC(F)F)c3)cn2)CC(C)O1. The lowest BCUT2D eigenvalue weighted by Gasteiger charge is -2.36. The lowest BCUT2D eigenvalue weighted by Crippen LogP contribution is -2.45. The lowest BCUT2D eigenvalue weighted by atomic mass is 10.2. The minimum absolute atomic E-state index is 0.0238. The van der Waals surface area contributed by atoms with Crippen LogP contribution < -0.4 is 20.3 Å². The Morgan fingerprint density at radius 2 is 2.03 bits per heavy atom. The number of ether oxygens (including phenoxy) is 2. The molecule has 1 aliphatic heterocycles. The fourth-order valence-electron chi connectivity index (χ4n) is 3.18. The number of carbonyl (C=O) groups excluding carboxylic acids is 1. The number of benzene rings is 1. The van der Waals surface area contributed by atoms with Gasteiger partial charge in [-0.15, -0.1) is 0 Å². The van der Waals surface area contributed by atoms with Crippen molar-refractivity contribution in [2.45, 2.75) is 39.2 Å². The van der Waals surface area contributed by atoms with E-state index in [0.717, 1.165) is 24.5 Å². The first kappa shape index (κ1) is 20.8. The summed E-state index contributed by atoms with van der Waals surface area (Å²) < 4.78 is 34.6. The Balaban J connectivity index is 1.50. The smallest absolute Gasteiger partial charge is 0.387 e. The second-order valence-corrected chi connectivity index (χ2v) is 6.90. The lowest BCUT2D eigenvalue weighted by molar-refractivity contribution is -0.0498. The van der Waals surface area contributed by atoms with Gasteiger partial charge in [0.05, 0.1) is 12.2 Å². The first-order valence-electron chi connectivity index (χ1n) is 9.34. The number of pyridine rings is 1. The fourth-order valence-corrected chi connectivity index (χ4v) is 3.18. The van der Waals surface area contributed by atoms with Crippen LogP contribution in [0.4, 0.5) is 25.1 Å². The second-order valence-electron chi connectivity index (χ2n) is 6.90. The van der Waals surface area contributed by atoms with E-state index >= 15 is 0 Å². The number of hydrogen-bond acceptors (Lipinski definition) is 5. The van der Waals surface area contributed by atoms with Gasteiger partial charge >= 0.3 is 12.6 Å². The maximum Gasteiger partial charge on any atom is 0.387 e. The van der Waals surface area contributed by atoms with Crippen LogP contribution in [-0.2, 0) is 11.3 Å². The van der Waals surface area contributed by atoms with Gasteiger partial charge < -0.3 is 25.0 Å². The van der Waals surface area contributed by atoms with E-state index in [2.05, 4.69) is 25.3 Å². The molecule has 1 aliphatic rings. The van der Waals surface area contributed by atoms with Gasteiger partial charge in [0, 0.05) is 37.6 Å². The largest absolute Gasteiger partial charge is 0.435 e. The molecule has 0 spiro atoms. The van der Waals surface area contributed by atoms with Crippen LogP contribution in [0.25, 0.3) is 0 Å². The number of hydrogen-bond donors (Lipinski definition) is 2. The molecular formula is C20H24F2N4O3. The predicted octanol–water partition coefficient (Wildman–Crippen LogP) is 3.62. The minimum Gasteiger partial charge on any atom is -0.435 e. The highest BCUT2D eigenvalue weighted by Crippen LogP contribution is 2.20. The van der Waals surface area contributed by atoms with Crippen LogP contribution in [0.2, 0.25) is 0 Å².